The minimum atomic E-state index is -3.95. The van der Waals surface area contributed by atoms with Crippen LogP contribution in [0.2, 0.25) is 0 Å². The number of nitrogen functional groups attached to an aromatic ring is 1. The summed E-state index contributed by atoms with van der Waals surface area (Å²) in [5, 5.41) is 3.50. The third-order valence-electron chi connectivity index (χ3n) is 2.54. The summed E-state index contributed by atoms with van der Waals surface area (Å²) >= 11 is 0. The maximum absolute atomic E-state index is 13.5. The van der Waals surface area contributed by atoms with Gasteiger partial charge in [-0.15, -0.1) is 0 Å². The SMILES string of the molecule is Cc1cc(NS(=O)(=O)c2cc(N)c(C)c(F)c2)no1. The Morgan fingerprint density at radius 1 is 1.32 bits per heavy atom. The van der Waals surface area contributed by atoms with Gasteiger partial charge in [-0.25, -0.2) is 12.8 Å². The molecule has 8 heteroatoms. The van der Waals surface area contributed by atoms with Crippen LogP contribution in [0, 0.1) is 19.7 Å². The molecule has 0 saturated carbocycles. The summed E-state index contributed by atoms with van der Waals surface area (Å²) in [6, 6.07) is 3.50. The quantitative estimate of drug-likeness (QED) is 0.838. The molecule has 0 aliphatic carbocycles. The summed E-state index contributed by atoms with van der Waals surface area (Å²) in [7, 11) is -3.95. The topological polar surface area (TPSA) is 98.2 Å². The second-order valence-electron chi connectivity index (χ2n) is 4.05. The summed E-state index contributed by atoms with van der Waals surface area (Å²) in [5.41, 5.74) is 5.82. The van der Waals surface area contributed by atoms with Crippen molar-refractivity contribution in [2.75, 3.05) is 10.5 Å². The second-order valence-corrected chi connectivity index (χ2v) is 5.73. The molecule has 19 heavy (non-hydrogen) atoms. The largest absolute Gasteiger partial charge is 0.398 e. The van der Waals surface area contributed by atoms with Crippen LogP contribution in [0.25, 0.3) is 0 Å². The third kappa shape index (κ3) is 2.68. The average Bonchev–Trinajstić information content (AvgIpc) is 2.70. The van der Waals surface area contributed by atoms with E-state index in [0.717, 1.165) is 6.07 Å². The van der Waals surface area contributed by atoms with Crippen LogP contribution in [0.1, 0.15) is 11.3 Å². The van der Waals surface area contributed by atoms with Crippen LogP contribution in [0.5, 0.6) is 0 Å². The number of hydrogen-bond acceptors (Lipinski definition) is 5. The number of halogens is 1. The van der Waals surface area contributed by atoms with Crippen LogP contribution in [0.3, 0.4) is 0 Å². The summed E-state index contributed by atoms with van der Waals surface area (Å²) < 4.78 is 44.4. The van der Waals surface area contributed by atoms with Crippen molar-refractivity contribution in [1.82, 2.24) is 5.16 Å². The number of benzene rings is 1. The summed E-state index contributed by atoms with van der Waals surface area (Å²) in [6.45, 7) is 3.09. The molecule has 0 radical (unpaired) electrons. The van der Waals surface area contributed by atoms with Crippen molar-refractivity contribution in [3.63, 3.8) is 0 Å². The standard InChI is InChI=1S/C11H12FN3O3S/c1-6-3-11(14-18-6)15-19(16,17)8-4-9(12)7(2)10(13)5-8/h3-5H,13H2,1-2H3,(H,14,15). The summed E-state index contributed by atoms with van der Waals surface area (Å²) in [6.07, 6.45) is 0. The third-order valence-corrected chi connectivity index (χ3v) is 3.87. The molecule has 0 amide bonds. The first-order valence-electron chi connectivity index (χ1n) is 5.31. The highest BCUT2D eigenvalue weighted by molar-refractivity contribution is 7.92. The molecule has 1 aromatic carbocycles. The monoisotopic (exact) mass is 285 g/mol. The van der Waals surface area contributed by atoms with Gasteiger partial charge in [0.25, 0.3) is 10.0 Å². The highest BCUT2D eigenvalue weighted by Crippen LogP contribution is 2.22. The number of sulfonamides is 1. The molecule has 0 atom stereocenters. The van der Waals surface area contributed by atoms with E-state index in [1.165, 1.54) is 19.1 Å². The van der Waals surface area contributed by atoms with Gasteiger partial charge in [-0.3, -0.25) is 4.72 Å². The normalized spacial score (nSPS) is 11.5. The Balaban J connectivity index is 2.40. The van der Waals surface area contributed by atoms with E-state index in [1.807, 2.05) is 0 Å². The van der Waals surface area contributed by atoms with E-state index in [-0.39, 0.29) is 22.0 Å². The van der Waals surface area contributed by atoms with Crippen LogP contribution < -0.4 is 10.5 Å². The van der Waals surface area contributed by atoms with Crippen LogP contribution >= 0.6 is 0 Å². The van der Waals surface area contributed by atoms with Crippen LogP contribution in [-0.2, 0) is 10.0 Å². The molecule has 0 spiro atoms. The maximum atomic E-state index is 13.5. The number of nitrogens with two attached hydrogens (primary N) is 1. The minimum absolute atomic E-state index is 0.0251. The average molecular weight is 285 g/mol. The van der Waals surface area contributed by atoms with Crippen LogP contribution in [0.15, 0.2) is 27.6 Å². The number of nitrogens with one attached hydrogen (secondary N) is 1. The molecular weight excluding hydrogens is 273 g/mol. The van der Waals surface area contributed by atoms with E-state index >= 15 is 0 Å². The van der Waals surface area contributed by atoms with Gasteiger partial charge in [0.1, 0.15) is 11.6 Å². The van der Waals surface area contributed by atoms with E-state index in [0.29, 0.717) is 5.76 Å². The van der Waals surface area contributed by atoms with Gasteiger partial charge < -0.3 is 10.3 Å². The lowest BCUT2D eigenvalue weighted by atomic mass is 10.2. The summed E-state index contributed by atoms with van der Waals surface area (Å²) in [5.74, 6) is -0.207. The van der Waals surface area contributed by atoms with Gasteiger partial charge in [0, 0.05) is 17.3 Å². The molecule has 0 bridgehead atoms. The molecular formula is C11H12FN3O3S. The Bertz CT molecular complexity index is 702. The van der Waals surface area contributed by atoms with E-state index in [4.69, 9.17) is 10.3 Å². The number of aromatic nitrogens is 1. The molecule has 0 fully saturated rings. The second kappa shape index (κ2) is 4.54. The Morgan fingerprint density at radius 2 is 2.00 bits per heavy atom. The lowest BCUT2D eigenvalue weighted by Gasteiger charge is -2.08. The zero-order valence-electron chi connectivity index (χ0n) is 10.3. The Hall–Kier alpha value is -2.09. The van der Waals surface area contributed by atoms with Gasteiger partial charge in [0.05, 0.1) is 4.90 Å². The molecule has 2 aromatic rings. The van der Waals surface area contributed by atoms with Crippen molar-refractivity contribution in [3.05, 3.63) is 35.3 Å². The number of nitrogens with zero attached hydrogens (tertiary/aromatic N) is 1. The molecule has 3 N–H and O–H groups in total. The van der Waals surface area contributed by atoms with Crippen molar-refractivity contribution in [2.24, 2.45) is 0 Å². The number of rotatable bonds is 3. The fourth-order valence-electron chi connectivity index (χ4n) is 1.44. The Labute approximate surface area is 109 Å². The fraction of sp³-hybridized carbons (Fsp3) is 0.182. The number of hydrogen-bond donors (Lipinski definition) is 2. The Kier molecular flexibility index (Phi) is 3.19. The first kappa shape index (κ1) is 13.3. The molecule has 6 nitrogen and oxygen atoms in total. The molecule has 0 aliphatic rings. The predicted octanol–water partition coefficient (Wildman–Crippen LogP) is 1.81. The van der Waals surface area contributed by atoms with Gasteiger partial charge in [0.2, 0.25) is 0 Å². The van der Waals surface area contributed by atoms with Crippen molar-refractivity contribution in [1.29, 1.82) is 0 Å². The number of aryl methyl sites for hydroxylation is 1. The lowest BCUT2D eigenvalue weighted by Crippen LogP contribution is -2.14. The van der Waals surface area contributed by atoms with E-state index < -0.39 is 15.8 Å². The first-order valence-corrected chi connectivity index (χ1v) is 6.79. The number of anilines is 2. The van der Waals surface area contributed by atoms with Gasteiger partial charge in [0.15, 0.2) is 5.82 Å². The maximum Gasteiger partial charge on any atom is 0.263 e. The highest BCUT2D eigenvalue weighted by atomic mass is 32.2. The molecule has 102 valence electrons. The zero-order chi connectivity index (χ0) is 14.2. The first-order chi connectivity index (χ1) is 8.79. The highest BCUT2D eigenvalue weighted by Gasteiger charge is 2.19. The Morgan fingerprint density at radius 3 is 2.53 bits per heavy atom. The van der Waals surface area contributed by atoms with Gasteiger partial charge in [-0.05, 0) is 26.0 Å². The van der Waals surface area contributed by atoms with Gasteiger partial charge in [-0.1, -0.05) is 5.16 Å². The van der Waals surface area contributed by atoms with Crippen molar-refractivity contribution >= 4 is 21.5 Å². The van der Waals surface area contributed by atoms with Crippen molar-refractivity contribution < 1.29 is 17.3 Å². The summed E-state index contributed by atoms with van der Waals surface area (Å²) in [4.78, 5) is -0.270. The van der Waals surface area contributed by atoms with Gasteiger partial charge >= 0.3 is 0 Å². The van der Waals surface area contributed by atoms with Crippen molar-refractivity contribution in [3.8, 4) is 0 Å². The van der Waals surface area contributed by atoms with E-state index in [9.17, 15) is 12.8 Å². The zero-order valence-corrected chi connectivity index (χ0v) is 11.1. The van der Waals surface area contributed by atoms with E-state index in [2.05, 4.69) is 9.88 Å². The predicted molar refractivity (Wildman–Crippen MR) is 67.6 cm³/mol. The van der Waals surface area contributed by atoms with Gasteiger partial charge in [-0.2, -0.15) is 0 Å². The lowest BCUT2D eigenvalue weighted by molar-refractivity contribution is 0.400. The van der Waals surface area contributed by atoms with Crippen molar-refractivity contribution in [2.45, 2.75) is 18.7 Å². The fourth-order valence-corrected chi connectivity index (χ4v) is 2.47. The molecule has 0 saturated heterocycles. The molecule has 0 aliphatic heterocycles. The molecule has 0 unspecified atom stereocenters. The van der Waals surface area contributed by atoms with E-state index in [1.54, 1.807) is 6.92 Å². The molecule has 1 aromatic heterocycles. The smallest absolute Gasteiger partial charge is 0.263 e. The van der Waals surface area contributed by atoms with Crippen LogP contribution in [-0.4, -0.2) is 13.6 Å². The minimum Gasteiger partial charge on any atom is -0.398 e. The van der Waals surface area contributed by atoms with Crippen LogP contribution in [0.4, 0.5) is 15.9 Å². The molecule has 2 rings (SSSR count). The molecule has 1 heterocycles.